The zero-order valence-corrected chi connectivity index (χ0v) is 18.7. The number of aromatic nitrogens is 2. The largest absolute Gasteiger partial charge is 0.348 e. The summed E-state index contributed by atoms with van der Waals surface area (Å²) in [4.78, 5) is 14.5. The van der Waals surface area contributed by atoms with Crippen LogP contribution in [0.4, 0.5) is 4.39 Å². The van der Waals surface area contributed by atoms with Crippen LogP contribution in [0, 0.1) is 5.82 Å². The highest BCUT2D eigenvalue weighted by Gasteiger charge is 2.25. The number of halogens is 1. The summed E-state index contributed by atoms with van der Waals surface area (Å²) in [6.45, 7) is 0.430. The second-order valence-electron chi connectivity index (χ2n) is 7.82. The Morgan fingerprint density at radius 2 is 1.82 bits per heavy atom. The first kappa shape index (κ1) is 21.8. The molecule has 2 aliphatic rings. The van der Waals surface area contributed by atoms with E-state index in [2.05, 4.69) is 14.8 Å². The van der Waals surface area contributed by atoms with Crippen LogP contribution in [0.1, 0.15) is 5.56 Å². The molecular formula is C24H20FN5O3S. The number of nitrogens with one attached hydrogen (secondary N) is 1. The third-order valence-corrected chi connectivity index (χ3v) is 6.62. The normalized spacial score (nSPS) is 16.4. The number of hydrogen-bond donors (Lipinski definition) is 1. The van der Waals surface area contributed by atoms with Gasteiger partial charge in [-0.3, -0.25) is 4.79 Å². The molecule has 3 aromatic rings. The predicted octanol–water partition coefficient (Wildman–Crippen LogP) is 2.79. The molecular weight excluding hydrogens is 457 g/mol. The fraction of sp³-hybridized carbons (Fsp3) is 0.125. The summed E-state index contributed by atoms with van der Waals surface area (Å²) in [6.07, 6.45) is 6.49. The number of amides is 1. The lowest BCUT2D eigenvalue weighted by Crippen LogP contribution is -2.38. The summed E-state index contributed by atoms with van der Waals surface area (Å²) in [5.41, 5.74) is 3.36. The summed E-state index contributed by atoms with van der Waals surface area (Å²) < 4.78 is 42.2. The van der Waals surface area contributed by atoms with Crippen molar-refractivity contribution < 1.29 is 17.6 Å². The Labute approximate surface area is 195 Å². The van der Waals surface area contributed by atoms with Crippen molar-refractivity contribution in [2.75, 3.05) is 12.3 Å². The molecule has 0 spiro atoms. The van der Waals surface area contributed by atoms with Crippen molar-refractivity contribution in [1.29, 1.82) is 0 Å². The fourth-order valence-corrected chi connectivity index (χ4v) is 4.69. The Balaban J connectivity index is 1.38. The first-order valence-corrected chi connectivity index (χ1v) is 12.2. The second kappa shape index (κ2) is 8.71. The van der Waals surface area contributed by atoms with Gasteiger partial charge in [0.05, 0.1) is 22.7 Å². The number of sulfonamides is 1. The van der Waals surface area contributed by atoms with E-state index in [0.717, 1.165) is 16.8 Å². The van der Waals surface area contributed by atoms with Gasteiger partial charge in [0.25, 0.3) is 15.9 Å². The highest BCUT2D eigenvalue weighted by Crippen LogP contribution is 2.24. The van der Waals surface area contributed by atoms with E-state index in [9.17, 15) is 17.6 Å². The van der Waals surface area contributed by atoms with E-state index in [4.69, 9.17) is 0 Å². The van der Waals surface area contributed by atoms with Crippen molar-refractivity contribution in [3.63, 3.8) is 0 Å². The molecule has 1 N–H and O–H groups in total. The van der Waals surface area contributed by atoms with E-state index in [1.165, 1.54) is 18.2 Å². The van der Waals surface area contributed by atoms with E-state index in [0.29, 0.717) is 17.1 Å². The van der Waals surface area contributed by atoms with Gasteiger partial charge in [-0.2, -0.15) is 5.10 Å². The lowest BCUT2D eigenvalue weighted by atomic mass is 10.1. The number of rotatable bonds is 5. The Kier molecular flexibility index (Phi) is 5.58. The highest BCUT2D eigenvalue weighted by atomic mass is 32.2. The number of carbonyl (C=O) groups is 1. The minimum Gasteiger partial charge on any atom is -0.348 e. The third-order valence-electron chi connectivity index (χ3n) is 5.45. The monoisotopic (exact) mass is 477 g/mol. The van der Waals surface area contributed by atoms with Crippen molar-refractivity contribution in [1.82, 2.24) is 20.0 Å². The van der Waals surface area contributed by atoms with E-state index in [1.54, 1.807) is 34.0 Å². The molecule has 8 nitrogen and oxygen atoms in total. The average molecular weight is 478 g/mol. The number of hydrogen-bond acceptors (Lipinski definition) is 5. The number of amidine groups is 1. The fourth-order valence-electron chi connectivity index (χ4n) is 3.72. The standard InChI is InChI=1S/C24H20FN5O3S/c25-20-9-6-17(7-10-20)23-19(16-30(27-23)21-4-2-1-3-5-21)14-26-24(31)18-8-11-22-28-34(32,33)13-12-29(22)15-18/h1-11,15-16H,12-14H2,(H,26,31). The van der Waals surface area contributed by atoms with Gasteiger partial charge in [-0.25, -0.2) is 17.5 Å². The number of carbonyl (C=O) groups excluding carboxylic acids is 1. The molecule has 0 atom stereocenters. The zero-order valence-electron chi connectivity index (χ0n) is 17.9. The van der Waals surface area contributed by atoms with Crippen molar-refractivity contribution >= 4 is 21.8 Å². The lowest BCUT2D eigenvalue weighted by molar-refractivity contribution is -0.117. The minimum absolute atomic E-state index is 0.102. The van der Waals surface area contributed by atoms with Gasteiger partial charge in [-0.1, -0.05) is 18.2 Å². The van der Waals surface area contributed by atoms with Gasteiger partial charge in [0.15, 0.2) is 0 Å². The Bertz CT molecular complexity index is 1440. The van der Waals surface area contributed by atoms with Crippen LogP contribution < -0.4 is 5.32 Å². The SMILES string of the molecule is O=C(NCc1cn(-c2ccccc2)nc1-c1ccc(F)cc1)C1=CN2CCS(=O)(=O)N=C2C=C1. The van der Waals surface area contributed by atoms with Gasteiger partial charge in [-0.15, -0.1) is 4.40 Å². The van der Waals surface area contributed by atoms with Gasteiger partial charge in [0, 0.05) is 36.6 Å². The smallest absolute Gasteiger partial charge is 0.256 e. The van der Waals surface area contributed by atoms with Gasteiger partial charge in [0.1, 0.15) is 11.7 Å². The number of benzene rings is 2. The Hall–Kier alpha value is -4.05. The van der Waals surface area contributed by atoms with Gasteiger partial charge >= 0.3 is 0 Å². The Morgan fingerprint density at radius 1 is 1.06 bits per heavy atom. The molecule has 2 aromatic carbocycles. The van der Waals surface area contributed by atoms with Gasteiger partial charge in [-0.05, 0) is 48.6 Å². The van der Waals surface area contributed by atoms with Crippen LogP contribution in [0.2, 0.25) is 0 Å². The zero-order chi connectivity index (χ0) is 23.7. The van der Waals surface area contributed by atoms with Crippen molar-refractivity contribution in [3.8, 4) is 16.9 Å². The van der Waals surface area contributed by atoms with E-state index in [-0.39, 0.29) is 30.6 Å². The molecule has 10 heteroatoms. The minimum atomic E-state index is -3.46. The van der Waals surface area contributed by atoms with Crippen LogP contribution in [0.3, 0.4) is 0 Å². The van der Waals surface area contributed by atoms with Crippen LogP contribution >= 0.6 is 0 Å². The van der Waals surface area contributed by atoms with Gasteiger partial charge in [0.2, 0.25) is 0 Å². The molecule has 1 amide bonds. The molecule has 0 saturated heterocycles. The van der Waals surface area contributed by atoms with Crippen LogP contribution in [0.5, 0.6) is 0 Å². The molecule has 172 valence electrons. The van der Waals surface area contributed by atoms with Crippen LogP contribution in [0.25, 0.3) is 16.9 Å². The van der Waals surface area contributed by atoms with Crippen LogP contribution in [-0.4, -0.2) is 47.1 Å². The van der Waals surface area contributed by atoms with Crippen molar-refractivity contribution in [2.24, 2.45) is 4.40 Å². The molecule has 0 bridgehead atoms. The van der Waals surface area contributed by atoms with E-state index >= 15 is 0 Å². The van der Waals surface area contributed by atoms with Crippen molar-refractivity contribution in [3.05, 3.63) is 96.1 Å². The number of fused-ring (bicyclic) bond motifs is 1. The summed E-state index contributed by atoms with van der Waals surface area (Å²) >= 11 is 0. The maximum Gasteiger partial charge on any atom is 0.256 e. The van der Waals surface area contributed by atoms with Gasteiger partial charge < -0.3 is 10.2 Å². The maximum absolute atomic E-state index is 13.5. The average Bonchev–Trinajstić information content (AvgIpc) is 3.27. The summed E-state index contributed by atoms with van der Waals surface area (Å²) in [6, 6.07) is 15.6. The summed E-state index contributed by atoms with van der Waals surface area (Å²) in [5.74, 6) is -0.465. The lowest BCUT2D eigenvalue weighted by Gasteiger charge is -2.26. The molecule has 0 unspecified atom stereocenters. The molecule has 0 fully saturated rings. The highest BCUT2D eigenvalue weighted by molar-refractivity contribution is 7.90. The van der Waals surface area contributed by atoms with Crippen LogP contribution in [0.15, 0.2) is 89.1 Å². The summed E-state index contributed by atoms with van der Waals surface area (Å²) in [5, 5.41) is 7.57. The quantitative estimate of drug-likeness (QED) is 0.610. The third kappa shape index (κ3) is 4.53. The first-order valence-electron chi connectivity index (χ1n) is 10.6. The number of para-hydroxylation sites is 1. The van der Waals surface area contributed by atoms with E-state index in [1.807, 2.05) is 36.5 Å². The maximum atomic E-state index is 13.5. The van der Waals surface area contributed by atoms with Crippen LogP contribution in [-0.2, 0) is 21.4 Å². The first-order chi connectivity index (χ1) is 16.4. The van der Waals surface area contributed by atoms with E-state index < -0.39 is 10.0 Å². The molecule has 0 radical (unpaired) electrons. The van der Waals surface area contributed by atoms with Crippen molar-refractivity contribution in [2.45, 2.75) is 6.54 Å². The molecule has 1 aromatic heterocycles. The molecule has 34 heavy (non-hydrogen) atoms. The molecule has 2 aliphatic heterocycles. The second-order valence-corrected chi connectivity index (χ2v) is 9.57. The molecule has 3 heterocycles. The molecule has 5 rings (SSSR count). The predicted molar refractivity (Wildman–Crippen MR) is 126 cm³/mol. The Morgan fingerprint density at radius 3 is 2.59 bits per heavy atom. The molecule has 0 aliphatic carbocycles. The topological polar surface area (TPSA) is 96.7 Å². The molecule has 0 saturated carbocycles. The number of nitrogens with zero attached hydrogens (tertiary/aromatic N) is 4. The summed E-state index contributed by atoms with van der Waals surface area (Å²) in [7, 11) is -3.46.